The summed E-state index contributed by atoms with van der Waals surface area (Å²) in [4.78, 5) is 30.3. The van der Waals surface area contributed by atoms with E-state index in [0.717, 1.165) is 5.92 Å². The predicted octanol–water partition coefficient (Wildman–Crippen LogP) is 2.63. The summed E-state index contributed by atoms with van der Waals surface area (Å²) in [5, 5.41) is 30.3. The van der Waals surface area contributed by atoms with E-state index in [0.29, 0.717) is 0 Å². The van der Waals surface area contributed by atoms with Crippen molar-refractivity contribution in [3.8, 4) is 0 Å². The van der Waals surface area contributed by atoms with Crippen molar-refractivity contribution in [1.29, 1.82) is 0 Å². The van der Waals surface area contributed by atoms with E-state index >= 15 is 0 Å². The first kappa shape index (κ1) is 31.3. The third kappa shape index (κ3) is 12.2. The van der Waals surface area contributed by atoms with E-state index in [1.807, 2.05) is 0 Å². The number of rotatable bonds is 3. The summed E-state index contributed by atoms with van der Waals surface area (Å²) >= 11 is 0. The number of aromatic carboxylic acids is 3. The monoisotopic (exact) mass is 572 g/mol. The smallest absolute Gasteiger partial charge is 0.545 e. The van der Waals surface area contributed by atoms with Crippen LogP contribution in [0, 0.1) is 12.3 Å². The Bertz CT molecular complexity index is 1040. The Labute approximate surface area is 236 Å². The van der Waals surface area contributed by atoms with Crippen molar-refractivity contribution < 1.29 is 55.9 Å². The van der Waals surface area contributed by atoms with Crippen molar-refractivity contribution in [3.05, 3.63) is 138 Å². The Morgan fingerprint density at radius 1 is 0.649 bits per heavy atom. The standard InChI is InChI=1S/C9H11.3C7H6O2.Zr/c1-2-5-9-7-3-6-8(9)4-1;3*8-7(9)6-4-2-1-3-5-6;/h1-2,4,6,9H,3,5,7H2;3*1-5H,(H,8,9);/q-1;;;;+4/p-3. The fourth-order valence-electron chi connectivity index (χ4n) is 3.39. The van der Waals surface area contributed by atoms with Crippen LogP contribution < -0.4 is 15.3 Å². The van der Waals surface area contributed by atoms with Crippen molar-refractivity contribution in [2.24, 2.45) is 5.92 Å². The van der Waals surface area contributed by atoms with E-state index in [1.54, 1.807) is 60.2 Å². The Morgan fingerprint density at radius 3 is 1.32 bits per heavy atom. The molecular weight excluding hydrogens is 548 g/mol. The predicted molar refractivity (Wildman–Crippen MR) is 131 cm³/mol. The van der Waals surface area contributed by atoms with Gasteiger partial charge in [-0.05, 0) is 29.0 Å². The maximum atomic E-state index is 10.1. The number of hydrogen-bond acceptors (Lipinski definition) is 6. The van der Waals surface area contributed by atoms with Crippen LogP contribution in [0.25, 0.3) is 0 Å². The Hall–Kier alpha value is -3.70. The maximum Gasteiger partial charge on any atom is 4.00 e. The van der Waals surface area contributed by atoms with Gasteiger partial charge in [0.15, 0.2) is 0 Å². The number of allylic oxidation sites excluding steroid dienone is 4. The summed E-state index contributed by atoms with van der Waals surface area (Å²) in [6.45, 7) is 0. The van der Waals surface area contributed by atoms with Crippen molar-refractivity contribution in [2.75, 3.05) is 0 Å². The molecular formula is C30H26O6Zr. The number of carbonyl (C=O) groups excluding carboxylic acids is 3. The van der Waals surface area contributed by atoms with E-state index in [-0.39, 0.29) is 42.9 Å². The molecule has 0 N–H and O–H groups in total. The first-order valence-corrected chi connectivity index (χ1v) is 11.4. The molecule has 3 aromatic rings. The molecule has 186 valence electrons. The average Bonchev–Trinajstić information content (AvgIpc) is 3.40. The third-order valence-electron chi connectivity index (χ3n) is 5.24. The van der Waals surface area contributed by atoms with Crippen LogP contribution in [0.5, 0.6) is 0 Å². The second kappa shape index (κ2) is 17.7. The van der Waals surface area contributed by atoms with Gasteiger partial charge >= 0.3 is 26.2 Å². The molecule has 1 unspecified atom stereocenters. The summed E-state index contributed by atoms with van der Waals surface area (Å²) in [5.41, 5.74) is 2.24. The molecule has 1 atom stereocenters. The summed E-state index contributed by atoms with van der Waals surface area (Å²) in [6, 6.07) is 24.2. The van der Waals surface area contributed by atoms with Crippen LogP contribution in [0.3, 0.4) is 0 Å². The van der Waals surface area contributed by atoms with Crippen molar-refractivity contribution in [1.82, 2.24) is 0 Å². The largest absolute Gasteiger partial charge is 4.00 e. The number of carboxylic acids is 3. The van der Waals surface area contributed by atoms with Gasteiger partial charge in [-0.15, -0.1) is 18.6 Å². The number of carbonyl (C=O) groups is 3. The number of fused-ring (bicyclic) bond motifs is 1. The van der Waals surface area contributed by atoms with Crippen molar-refractivity contribution in [3.63, 3.8) is 0 Å². The van der Waals surface area contributed by atoms with Crippen LogP contribution in [-0.2, 0) is 26.2 Å². The zero-order valence-electron chi connectivity index (χ0n) is 20.1. The van der Waals surface area contributed by atoms with E-state index < -0.39 is 17.9 Å². The third-order valence-corrected chi connectivity index (χ3v) is 5.24. The quantitative estimate of drug-likeness (QED) is 0.444. The van der Waals surface area contributed by atoms with Crippen molar-refractivity contribution >= 4 is 17.9 Å². The molecule has 5 rings (SSSR count). The van der Waals surface area contributed by atoms with Gasteiger partial charge in [0.05, 0.1) is 17.9 Å². The Balaban J connectivity index is 0.000000244. The summed E-state index contributed by atoms with van der Waals surface area (Å²) < 4.78 is 0. The van der Waals surface area contributed by atoms with Gasteiger partial charge in [-0.3, -0.25) is 0 Å². The molecule has 0 aromatic heterocycles. The molecule has 0 heterocycles. The second-order valence-corrected chi connectivity index (χ2v) is 7.77. The molecule has 0 amide bonds. The van der Waals surface area contributed by atoms with Gasteiger partial charge in [0.1, 0.15) is 0 Å². The molecule has 7 heteroatoms. The minimum atomic E-state index is -1.13. The Morgan fingerprint density at radius 2 is 1.03 bits per heavy atom. The number of benzene rings is 3. The van der Waals surface area contributed by atoms with Crippen LogP contribution in [0.1, 0.15) is 50.3 Å². The van der Waals surface area contributed by atoms with Crippen LogP contribution in [0.4, 0.5) is 0 Å². The number of carboxylic acid groups (broad SMARTS) is 3. The molecule has 0 spiro atoms. The van der Waals surface area contributed by atoms with E-state index in [9.17, 15) is 29.7 Å². The molecule has 0 bridgehead atoms. The Kier molecular flexibility index (Phi) is 15.0. The maximum absolute atomic E-state index is 10.1. The minimum Gasteiger partial charge on any atom is -0.545 e. The van der Waals surface area contributed by atoms with E-state index in [2.05, 4.69) is 24.6 Å². The molecule has 2 aliphatic rings. The molecule has 0 aliphatic heterocycles. The summed E-state index contributed by atoms with van der Waals surface area (Å²) in [5.74, 6) is -2.50. The van der Waals surface area contributed by atoms with Gasteiger partial charge < -0.3 is 29.7 Å². The van der Waals surface area contributed by atoms with Crippen LogP contribution in [-0.4, -0.2) is 17.9 Å². The normalized spacial score (nSPS) is 14.1. The van der Waals surface area contributed by atoms with E-state index in [1.165, 1.54) is 55.7 Å². The fraction of sp³-hybridized carbons (Fsp3) is 0.133. The molecule has 37 heavy (non-hydrogen) atoms. The van der Waals surface area contributed by atoms with E-state index in [4.69, 9.17) is 0 Å². The zero-order chi connectivity index (χ0) is 26.2. The molecule has 3 aromatic carbocycles. The van der Waals surface area contributed by atoms with Crippen LogP contribution >= 0.6 is 0 Å². The molecule has 0 saturated heterocycles. The number of hydrogen-bond donors (Lipinski definition) is 0. The van der Waals surface area contributed by atoms with Gasteiger partial charge in [0.25, 0.3) is 0 Å². The summed E-state index contributed by atoms with van der Waals surface area (Å²) in [6.07, 6.45) is 13.0. The fourth-order valence-corrected chi connectivity index (χ4v) is 3.39. The van der Waals surface area contributed by atoms with Gasteiger partial charge in [-0.2, -0.15) is 0 Å². The molecule has 2 aliphatic carbocycles. The molecule has 1 saturated carbocycles. The topological polar surface area (TPSA) is 120 Å². The van der Waals surface area contributed by atoms with Gasteiger partial charge in [-0.25, -0.2) is 18.1 Å². The first-order valence-electron chi connectivity index (χ1n) is 11.4. The first-order chi connectivity index (χ1) is 17.4. The minimum absolute atomic E-state index is 0. The average molecular weight is 574 g/mol. The SMILES string of the molecule is C1=CCC2CC[CH-]C2=C1.O=C([O-])c1ccccc1.O=C([O-])c1ccccc1.O=C([O-])c1ccccc1.[Zr+4]. The second-order valence-electron chi connectivity index (χ2n) is 7.77. The molecule has 1 fully saturated rings. The van der Waals surface area contributed by atoms with Crippen molar-refractivity contribution in [2.45, 2.75) is 19.3 Å². The summed E-state index contributed by atoms with van der Waals surface area (Å²) in [7, 11) is 0. The van der Waals surface area contributed by atoms with Crippen LogP contribution in [0.2, 0.25) is 0 Å². The molecule has 6 nitrogen and oxygen atoms in total. The zero-order valence-corrected chi connectivity index (χ0v) is 22.6. The van der Waals surface area contributed by atoms with Gasteiger partial charge in [0, 0.05) is 0 Å². The van der Waals surface area contributed by atoms with Crippen LogP contribution in [0.15, 0.2) is 115 Å². The molecule has 0 radical (unpaired) electrons. The van der Waals surface area contributed by atoms with Gasteiger partial charge in [0.2, 0.25) is 0 Å². The van der Waals surface area contributed by atoms with Gasteiger partial charge in [-0.1, -0.05) is 97.4 Å².